The van der Waals surface area contributed by atoms with Crippen LogP contribution in [0.15, 0.2) is 6.20 Å². The van der Waals surface area contributed by atoms with E-state index < -0.39 is 0 Å². The second kappa shape index (κ2) is 5.98. The Labute approximate surface area is 107 Å². The number of hydrogen-bond donors (Lipinski definition) is 2. The van der Waals surface area contributed by atoms with E-state index in [2.05, 4.69) is 27.5 Å². The molecule has 100 valence electrons. The molecule has 0 amide bonds. The van der Waals surface area contributed by atoms with Gasteiger partial charge in [0.2, 0.25) is 5.95 Å². The van der Waals surface area contributed by atoms with Gasteiger partial charge in [-0.2, -0.15) is 4.98 Å². The Hall–Kier alpha value is -1.39. The molecule has 0 unspecified atom stereocenters. The maximum absolute atomic E-state index is 13.6. The number of rotatable bonds is 4. The van der Waals surface area contributed by atoms with Crippen molar-refractivity contribution in [3.05, 3.63) is 12.0 Å². The van der Waals surface area contributed by atoms with Crippen LogP contribution >= 0.6 is 0 Å². The smallest absolute Gasteiger partial charge is 0.224 e. The zero-order valence-electron chi connectivity index (χ0n) is 11.0. The minimum atomic E-state index is -0.379. The van der Waals surface area contributed by atoms with Gasteiger partial charge in [-0.3, -0.25) is 0 Å². The van der Waals surface area contributed by atoms with E-state index in [9.17, 15) is 4.39 Å². The molecular formula is C13H21FN4. The summed E-state index contributed by atoms with van der Waals surface area (Å²) in [5.41, 5.74) is 0. The first-order chi connectivity index (χ1) is 8.69. The molecule has 1 aromatic rings. The monoisotopic (exact) mass is 252 g/mol. The van der Waals surface area contributed by atoms with Crippen molar-refractivity contribution < 1.29 is 4.39 Å². The summed E-state index contributed by atoms with van der Waals surface area (Å²) in [6, 6.07) is 0.333. The summed E-state index contributed by atoms with van der Waals surface area (Å²) in [4.78, 5) is 8.06. The summed E-state index contributed by atoms with van der Waals surface area (Å²) in [6.45, 7) is 4.96. The highest BCUT2D eigenvalue weighted by Gasteiger charge is 2.19. The highest BCUT2D eigenvalue weighted by atomic mass is 19.1. The average molecular weight is 252 g/mol. The molecule has 0 aromatic carbocycles. The number of hydrogen-bond acceptors (Lipinski definition) is 4. The summed E-state index contributed by atoms with van der Waals surface area (Å²) in [5, 5.41) is 6.19. The predicted molar refractivity (Wildman–Crippen MR) is 71.2 cm³/mol. The van der Waals surface area contributed by atoms with Gasteiger partial charge in [0.1, 0.15) is 0 Å². The molecule has 0 radical (unpaired) electrons. The molecule has 4 nitrogen and oxygen atoms in total. The van der Waals surface area contributed by atoms with Crippen LogP contribution in [0.4, 0.5) is 16.2 Å². The van der Waals surface area contributed by atoms with Crippen LogP contribution in [0.1, 0.15) is 39.5 Å². The van der Waals surface area contributed by atoms with Crippen molar-refractivity contribution in [1.29, 1.82) is 0 Å². The van der Waals surface area contributed by atoms with Gasteiger partial charge in [-0.15, -0.1) is 0 Å². The van der Waals surface area contributed by atoms with Crippen molar-refractivity contribution in [3.8, 4) is 0 Å². The second-order valence-corrected chi connectivity index (χ2v) is 5.02. The van der Waals surface area contributed by atoms with Crippen molar-refractivity contribution in [2.75, 3.05) is 17.2 Å². The van der Waals surface area contributed by atoms with E-state index in [1.54, 1.807) is 0 Å². The van der Waals surface area contributed by atoms with Crippen molar-refractivity contribution >= 4 is 11.8 Å². The lowest BCUT2D eigenvalue weighted by molar-refractivity contribution is 0.360. The first-order valence-corrected chi connectivity index (χ1v) is 6.72. The maximum atomic E-state index is 13.6. The van der Waals surface area contributed by atoms with E-state index >= 15 is 0 Å². The van der Waals surface area contributed by atoms with Gasteiger partial charge in [0, 0.05) is 12.6 Å². The number of halogens is 1. The first-order valence-electron chi connectivity index (χ1n) is 6.72. The van der Waals surface area contributed by atoms with Crippen LogP contribution in [0.5, 0.6) is 0 Å². The van der Waals surface area contributed by atoms with E-state index in [0.717, 1.165) is 25.3 Å². The Bertz CT molecular complexity index is 389. The highest BCUT2D eigenvalue weighted by molar-refractivity contribution is 5.41. The Balaban J connectivity index is 2.01. The van der Waals surface area contributed by atoms with Gasteiger partial charge in [0.25, 0.3) is 0 Å². The standard InChI is InChI=1S/C13H21FN4/c1-3-15-13-16-8-11(14)12(18-13)17-10-6-4-9(2)5-7-10/h8-10H,3-7H2,1-2H3,(H2,15,16,17,18). The average Bonchev–Trinajstić information content (AvgIpc) is 2.36. The molecule has 0 aliphatic heterocycles. The number of nitrogens with zero attached hydrogens (tertiary/aromatic N) is 2. The second-order valence-electron chi connectivity index (χ2n) is 5.02. The minimum absolute atomic E-state index is 0.320. The normalized spacial score (nSPS) is 23.7. The van der Waals surface area contributed by atoms with Crippen LogP contribution < -0.4 is 10.6 Å². The Morgan fingerprint density at radius 2 is 2.06 bits per heavy atom. The van der Waals surface area contributed by atoms with Gasteiger partial charge in [0.15, 0.2) is 11.6 Å². The number of nitrogens with one attached hydrogen (secondary N) is 2. The summed E-state index contributed by atoms with van der Waals surface area (Å²) in [6.07, 6.45) is 5.79. The molecule has 2 N–H and O–H groups in total. The molecule has 2 rings (SSSR count). The third-order valence-electron chi connectivity index (χ3n) is 3.44. The fourth-order valence-electron chi connectivity index (χ4n) is 2.31. The zero-order chi connectivity index (χ0) is 13.0. The van der Waals surface area contributed by atoms with E-state index in [1.165, 1.54) is 19.0 Å². The van der Waals surface area contributed by atoms with E-state index in [4.69, 9.17) is 0 Å². The molecular weight excluding hydrogens is 231 g/mol. The van der Waals surface area contributed by atoms with E-state index in [1.807, 2.05) is 6.92 Å². The van der Waals surface area contributed by atoms with Gasteiger partial charge in [-0.05, 0) is 38.5 Å². The van der Waals surface area contributed by atoms with Crippen LogP contribution in [0.2, 0.25) is 0 Å². The lowest BCUT2D eigenvalue weighted by Gasteiger charge is -2.27. The Morgan fingerprint density at radius 1 is 1.33 bits per heavy atom. The SMILES string of the molecule is CCNc1ncc(F)c(NC2CCC(C)CC2)n1. The number of anilines is 2. The van der Waals surface area contributed by atoms with Gasteiger partial charge >= 0.3 is 0 Å². The molecule has 1 saturated carbocycles. The lowest BCUT2D eigenvalue weighted by Crippen LogP contribution is -2.26. The van der Waals surface area contributed by atoms with E-state index in [-0.39, 0.29) is 5.82 Å². The van der Waals surface area contributed by atoms with Gasteiger partial charge in [-0.25, -0.2) is 9.37 Å². The largest absolute Gasteiger partial charge is 0.365 e. The summed E-state index contributed by atoms with van der Waals surface area (Å²) >= 11 is 0. The predicted octanol–water partition coefficient (Wildman–Crippen LogP) is 3.04. The van der Waals surface area contributed by atoms with Gasteiger partial charge in [-0.1, -0.05) is 6.92 Å². The summed E-state index contributed by atoms with van der Waals surface area (Å²) in [7, 11) is 0. The molecule has 1 aromatic heterocycles. The molecule has 18 heavy (non-hydrogen) atoms. The molecule has 1 aliphatic rings. The van der Waals surface area contributed by atoms with Crippen molar-refractivity contribution in [3.63, 3.8) is 0 Å². The molecule has 1 aliphatic carbocycles. The highest BCUT2D eigenvalue weighted by Crippen LogP contribution is 2.26. The molecule has 0 atom stereocenters. The fourth-order valence-corrected chi connectivity index (χ4v) is 2.31. The van der Waals surface area contributed by atoms with Crippen LogP contribution in [-0.4, -0.2) is 22.6 Å². The third-order valence-corrected chi connectivity index (χ3v) is 3.44. The lowest BCUT2D eigenvalue weighted by atomic mass is 9.87. The summed E-state index contributed by atoms with van der Waals surface area (Å²) < 4.78 is 13.6. The van der Waals surface area contributed by atoms with Crippen molar-refractivity contribution in [1.82, 2.24) is 9.97 Å². The van der Waals surface area contributed by atoms with Gasteiger partial charge < -0.3 is 10.6 Å². The Morgan fingerprint density at radius 3 is 2.72 bits per heavy atom. The Kier molecular flexibility index (Phi) is 4.33. The van der Waals surface area contributed by atoms with Crippen LogP contribution in [0.3, 0.4) is 0 Å². The number of aromatic nitrogens is 2. The van der Waals surface area contributed by atoms with Crippen LogP contribution in [0, 0.1) is 11.7 Å². The third kappa shape index (κ3) is 3.31. The molecule has 0 spiro atoms. The molecule has 0 bridgehead atoms. The zero-order valence-corrected chi connectivity index (χ0v) is 11.0. The molecule has 0 saturated heterocycles. The van der Waals surface area contributed by atoms with E-state index in [0.29, 0.717) is 17.8 Å². The molecule has 1 heterocycles. The fraction of sp³-hybridized carbons (Fsp3) is 0.692. The quantitative estimate of drug-likeness (QED) is 0.864. The topological polar surface area (TPSA) is 49.8 Å². The van der Waals surface area contributed by atoms with Crippen molar-refractivity contribution in [2.24, 2.45) is 5.92 Å². The molecule has 5 heteroatoms. The maximum Gasteiger partial charge on any atom is 0.224 e. The summed E-state index contributed by atoms with van der Waals surface area (Å²) in [5.74, 6) is 1.21. The first kappa shape index (κ1) is 13.1. The van der Waals surface area contributed by atoms with Crippen LogP contribution in [-0.2, 0) is 0 Å². The molecule has 1 fully saturated rings. The van der Waals surface area contributed by atoms with Crippen LogP contribution in [0.25, 0.3) is 0 Å². The van der Waals surface area contributed by atoms with Gasteiger partial charge in [0.05, 0.1) is 6.20 Å². The minimum Gasteiger partial charge on any atom is -0.365 e. The van der Waals surface area contributed by atoms with Crippen molar-refractivity contribution in [2.45, 2.75) is 45.6 Å².